The largest absolute Gasteiger partial charge is 0.495 e. The highest BCUT2D eigenvalue weighted by atomic mass is 79.9. The topological polar surface area (TPSA) is 64.6 Å². The number of carbonyl (C=O) groups is 2. The Labute approximate surface area is 142 Å². The van der Waals surface area contributed by atoms with Crippen LogP contribution in [0.3, 0.4) is 0 Å². The molecule has 0 spiro atoms. The van der Waals surface area contributed by atoms with Gasteiger partial charge in [-0.3, -0.25) is 4.79 Å². The molecule has 0 saturated heterocycles. The summed E-state index contributed by atoms with van der Waals surface area (Å²) in [7, 11) is 1.52. The van der Waals surface area contributed by atoms with Crippen molar-refractivity contribution >= 4 is 33.5 Å². The molecule has 0 fully saturated rings. The van der Waals surface area contributed by atoms with E-state index in [1.165, 1.54) is 14.0 Å². The molecule has 23 heavy (non-hydrogen) atoms. The van der Waals surface area contributed by atoms with Gasteiger partial charge in [0.05, 0.1) is 18.4 Å². The van der Waals surface area contributed by atoms with E-state index in [-0.39, 0.29) is 0 Å². The molecule has 1 N–H and O–H groups in total. The average Bonchev–Trinajstić information content (AvgIpc) is 2.55. The number of carbonyl (C=O) groups excluding carboxylic acids is 2. The third-order valence-electron chi connectivity index (χ3n) is 3.11. The normalized spacial score (nSPS) is 11.4. The van der Waals surface area contributed by atoms with Gasteiger partial charge in [0, 0.05) is 4.47 Å². The van der Waals surface area contributed by atoms with Crippen LogP contribution in [0.25, 0.3) is 0 Å². The van der Waals surface area contributed by atoms with Crippen molar-refractivity contribution < 1.29 is 19.1 Å². The van der Waals surface area contributed by atoms with Crippen LogP contribution in [0, 0.1) is 0 Å². The monoisotopic (exact) mass is 377 g/mol. The zero-order valence-corrected chi connectivity index (χ0v) is 14.3. The predicted molar refractivity (Wildman–Crippen MR) is 90.6 cm³/mol. The number of rotatable bonds is 5. The van der Waals surface area contributed by atoms with Crippen molar-refractivity contribution in [2.75, 3.05) is 12.4 Å². The van der Waals surface area contributed by atoms with Gasteiger partial charge < -0.3 is 14.8 Å². The SMILES string of the molecule is COc1ccccc1NC(=O)[C@@H](C)OC(=O)c1ccccc1Br. The molecule has 6 heteroatoms. The molecule has 0 aromatic heterocycles. The van der Waals surface area contributed by atoms with Crippen LogP contribution in [0.2, 0.25) is 0 Å². The molecule has 0 radical (unpaired) electrons. The number of nitrogens with one attached hydrogen (secondary N) is 1. The van der Waals surface area contributed by atoms with Crippen LogP contribution in [0.4, 0.5) is 5.69 Å². The summed E-state index contributed by atoms with van der Waals surface area (Å²) in [4.78, 5) is 24.3. The second kappa shape index (κ2) is 7.78. The first-order chi connectivity index (χ1) is 11.0. The predicted octanol–water partition coefficient (Wildman–Crippen LogP) is 3.64. The fraction of sp³-hybridized carbons (Fsp3) is 0.176. The number of methoxy groups -OCH3 is 1. The molecule has 2 aromatic rings. The Morgan fingerprint density at radius 3 is 2.43 bits per heavy atom. The van der Waals surface area contributed by atoms with Crippen LogP contribution in [0.15, 0.2) is 53.0 Å². The molecule has 2 aromatic carbocycles. The Hall–Kier alpha value is -2.34. The summed E-state index contributed by atoms with van der Waals surface area (Å²) in [6.07, 6.45) is -0.945. The number of benzene rings is 2. The summed E-state index contributed by atoms with van der Waals surface area (Å²) in [5, 5.41) is 2.68. The molecule has 0 aliphatic heterocycles. The van der Waals surface area contributed by atoms with Crippen molar-refractivity contribution in [2.24, 2.45) is 0 Å². The van der Waals surface area contributed by atoms with Gasteiger partial charge in [0.1, 0.15) is 5.75 Å². The van der Waals surface area contributed by atoms with Crippen LogP contribution in [0.1, 0.15) is 17.3 Å². The van der Waals surface area contributed by atoms with E-state index < -0.39 is 18.0 Å². The molecule has 0 aliphatic rings. The fourth-order valence-corrected chi connectivity index (χ4v) is 2.33. The first-order valence-electron chi connectivity index (χ1n) is 6.92. The molecular formula is C17H16BrNO4. The molecule has 2 rings (SSSR count). The summed E-state index contributed by atoms with van der Waals surface area (Å²) in [6, 6.07) is 13.9. The van der Waals surface area contributed by atoms with Gasteiger partial charge >= 0.3 is 5.97 Å². The summed E-state index contributed by atoms with van der Waals surface area (Å²) in [6.45, 7) is 1.51. The molecular weight excluding hydrogens is 362 g/mol. The zero-order chi connectivity index (χ0) is 16.8. The highest BCUT2D eigenvalue weighted by molar-refractivity contribution is 9.10. The Balaban J connectivity index is 2.03. The number of amides is 1. The van der Waals surface area contributed by atoms with Crippen LogP contribution in [-0.4, -0.2) is 25.1 Å². The lowest BCUT2D eigenvalue weighted by Crippen LogP contribution is -2.30. The molecule has 0 saturated carbocycles. The molecule has 120 valence electrons. The summed E-state index contributed by atoms with van der Waals surface area (Å²) >= 11 is 3.28. The molecule has 0 aliphatic carbocycles. The minimum Gasteiger partial charge on any atom is -0.495 e. The number of para-hydroxylation sites is 2. The highest BCUT2D eigenvalue weighted by Crippen LogP contribution is 2.23. The Kier molecular flexibility index (Phi) is 5.76. The Morgan fingerprint density at radius 2 is 1.74 bits per heavy atom. The van der Waals surface area contributed by atoms with Gasteiger partial charge in [0.25, 0.3) is 5.91 Å². The number of esters is 1. The molecule has 0 unspecified atom stereocenters. The van der Waals surface area contributed by atoms with Crippen molar-refractivity contribution in [1.82, 2.24) is 0 Å². The van der Waals surface area contributed by atoms with Crippen molar-refractivity contribution in [3.63, 3.8) is 0 Å². The van der Waals surface area contributed by atoms with Crippen molar-refractivity contribution in [3.8, 4) is 5.75 Å². The van der Waals surface area contributed by atoms with E-state index in [1.807, 2.05) is 0 Å². The lowest BCUT2D eigenvalue weighted by Gasteiger charge is -2.15. The van der Waals surface area contributed by atoms with Gasteiger partial charge in [0.15, 0.2) is 6.10 Å². The lowest BCUT2D eigenvalue weighted by molar-refractivity contribution is -0.123. The first kappa shape index (κ1) is 17.0. The van der Waals surface area contributed by atoms with Crippen LogP contribution in [-0.2, 0) is 9.53 Å². The van der Waals surface area contributed by atoms with E-state index in [0.717, 1.165) is 0 Å². The maximum Gasteiger partial charge on any atom is 0.340 e. The van der Waals surface area contributed by atoms with E-state index in [0.29, 0.717) is 21.5 Å². The van der Waals surface area contributed by atoms with Gasteiger partial charge in [0.2, 0.25) is 0 Å². The summed E-state index contributed by atoms with van der Waals surface area (Å²) in [5.41, 5.74) is 0.883. The average molecular weight is 378 g/mol. The number of anilines is 1. The summed E-state index contributed by atoms with van der Waals surface area (Å²) in [5.74, 6) is -0.472. The Bertz CT molecular complexity index is 717. The zero-order valence-electron chi connectivity index (χ0n) is 12.7. The number of hydrogen-bond acceptors (Lipinski definition) is 4. The second-order valence-electron chi connectivity index (χ2n) is 4.72. The van der Waals surface area contributed by atoms with Gasteiger partial charge in [-0.15, -0.1) is 0 Å². The van der Waals surface area contributed by atoms with E-state index in [1.54, 1.807) is 48.5 Å². The van der Waals surface area contributed by atoms with E-state index in [4.69, 9.17) is 9.47 Å². The molecule has 0 bridgehead atoms. The third kappa shape index (κ3) is 4.32. The fourth-order valence-electron chi connectivity index (χ4n) is 1.89. The summed E-state index contributed by atoms with van der Waals surface area (Å²) < 4.78 is 11.0. The van der Waals surface area contributed by atoms with Crippen LogP contribution in [0.5, 0.6) is 5.75 Å². The van der Waals surface area contributed by atoms with Crippen molar-refractivity contribution in [2.45, 2.75) is 13.0 Å². The minimum absolute atomic E-state index is 0.365. The Morgan fingerprint density at radius 1 is 1.09 bits per heavy atom. The smallest absolute Gasteiger partial charge is 0.340 e. The molecule has 0 heterocycles. The number of hydrogen-bond donors (Lipinski definition) is 1. The van der Waals surface area contributed by atoms with Crippen LogP contribution >= 0.6 is 15.9 Å². The third-order valence-corrected chi connectivity index (χ3v) is 3.80. The van der Waals surface area contributed by atoms with Gasteiger partial charge in [-0.1, -0.05) is 24.3 Å². The van der Waals surface area contributed by atoms with Gasteiger partial charge in [-0.2, -0.15) is 0 Å². The quantitative estimate of drug-likeness (QED) is 0.807. The minimum atomic E-state index is -0.945. The van der Waals surface area contributed by atoms with Gasteiger partial charge in [-0.05, 0) is 47.1 Å². The van der Waals surface area contributed by atoms with E-state index in [9.17, 15) is 9.59 Å². The van der Waals surface area contributed by atoms with Crippen molar-refractivity contribution in [3.05, 3.63) is 58.6 Å². The maximum absolute atomic E-state index is 12.2. The second-order valence-corrected chi connectivity index (χ2v) is 5.57. The maximum atomic E-state index is 12.2. The molecule has 1 amide bonds. The number of ether oxygens (including phenoxy) is 2. The lowest BCUT2D eigenvalue weighted by atomic mass is 10.2. The highest BCUT2D eigenvalue weighted by Gasteiger charge is 2.21. The molecule has 5 nitrogen and oxygen atoms in total. The van der Waals surface area contributed by atoms with Crippen molar-refractivity contribution in [1.29, 1.82) is 0 Å². The first-order valence-corrected chi connectivity index (χ1v) is 7.71. The van der Waals surface area contributed by atoms with Gasteiger partial charge in [-0.25, -0.2) is 4.79 Å². The number of halogens is 1. The standard InChI is InChI=1S/C17H16BrNO4/c1-11(23-17(21)12-7-3-4-8-13(12)18)16(20)19-14-9-5-6-10-15(14)22-2/h3-11H,1-2H3,(H,19,20)/t11-/m1/s1. The van der Waals surface area contributed by atoms with E-state index >= 15 is 0 Å². The molecule has 1 atom stereocenters. The van der Waals surface area contributed by atoms with E-state index in [2.05, 4.69) is 21.2 Å². The van der Waals surface area contributed by atoms with Crippen LogP contribution < -0.4 is 10.1 Å².